The monoisotopic (exact) mass is 270 g/mol. The molecule has 2 aromatic heterocycles. The van der Waals surface area contributed by atoms with E-state index in [1.807, 2.05) is 32.0 Å². The molecule has 0 amide bonds. The molecular formula is C15H14N2O3. The van der Waals surface area contributed by atoms with E-state index in [0.717, 1.165) is 17.3 Å². The Kier molecular flexibility index (Phi) is 4.10. The number of ether oxygens (including phenoxy) is 1. The zero-order valence-corrected chi connectivity index (χ0v) is 11.2. The van der Waals surface area contributed by atoms with Crippen LogP contribution >= 0.6 is 0 Å². The number of carboxylic acid groups (broad SMARTS) is 1. The molecule has 2 aromatic rings. The topological polar surface area (TPSA) is 72.3 Å². The second-order valence-electron chi connectivity index (χ2n) is 4.30. The molecule has 0 aliphatic rings. The highest BCUT2D eigenvalue weighted by atomic mass is 16.5. The smallest absolute Gasteiger partial charge is 0.328 e. The average Bonchev–Trinajstić information content (AvgIpc) is 2.41. The molecule has 0 fully saturated rings. The molecule has 0 spiro atoms. The predicted octanol–water partition coefficient (Wildman–Crippen LogP) is 2.98. The van der Waals surface area contributed by atoms with Gasteiger partial charge in [0.25, 0.3) is 0 Å². The first kappa shape index (κ1) is 13.7. The summed E-state index contributed by atoms with van der Waals surface area (Å²) in [5.74, 6) is 0.0943. The van der Waals surface area contributed by atoms with Crippen LogP contribution in [0.25, 0.3) is 6.08 Å². The van der Waals surface area contributed by atoms with Crippen LogP contribution in [0.3, 0.4) is 0 Å². The Morgan fingerprint density at radius 3 is 2.65 bits per heavy atom. The summed E-state index contributed by atoms with van der Waals surface area (Å²) < 4.78 is 5.63. The molecule has 2 heterocycles. The normalized spacial score (nSPS) is 10.7. The Morgan fingerprint density at radius 2 is 2.05 bits per heavy atom. The molecule has 0 unspecified atom stereocenters. The van der Waals surface area contributed by atoms with Crippen molar-refractivity contribution in [2.45, 2.75) is 13.8 Å². The highest BCUT2D eigenvalue weighted by molar-refractivity contribution is 5.85. The summed E-state index contributed by atoms with van der Waals surface area (Å²) in [4.78, 5) is 18.8. The van der Waals surface area contributed by atoms with Gasteiger partial charge < -0.3 is 9.84 Å². The molecular weight excluding hydrogens is 256 g/mol. The third-order valence-corrected chi connectivity index (χ3v) is 2.57. The first-order chi connectivity index (χ1) is 9.54. The van der Waals surface area contributed by atoms with E-state index in [-0.39, 0.29) is 0 Å². The van der Waals surface area contributed by atoms with E-state index >= 15 is 0 Å². The van der Waals surface area contributed by atoms with Crippen molar-refractivity contribution in [2.75, 3.05) is 0 Å². The SMILES string of the molecule is Cc1ccc(Oc2ncc(/C=C/C(=O)O)cc2C)cn1. The maximum Gasteiger partial charge on any atom is 0.328 e. The van der Waals surface area contributed by atoms with Crippen molar-refractivity contribution in [1.29, 1.82) is 0 Å². The van der Waals surface area contributed by atoms with Gasteiger partial charge in [-0.1, -0.05) is 0 Å². The van der Waals surface area contributed by atoms with Crippen molar-refractivity contribution >= 4 is 12.0 Å². The first-order valence-electron chi connectivity index (χ1n) is 6.03. The third-order valence-electron chi connectivity index (χ3n) is 2.57. The van der Waals surface area contributed by atoms with E-state index in [0.29, 0.717) is 17.2 Å². The van der Waals surface area contributed by atoms with Crippen LogP contribution in [0.5, 0.6) is 11.6 Å². The van der Waals surface area contributed by atoms with E-state index in [9.17, 15) is 4.79 Å². The van der Waals surface area contributed by atoms with Gasteiger partial charge in [-0.15, -0.1) is 0 Å². The molecule has 5 nitrogen and oxygen atoms in total. The van der Waals surface area contributed by atoms with Crippen LogP contribution in [0, 0.1) is 13.8 Å². The number of hydrogen-bond donors (Lipinski definition) is 1. The summed E-state index contributed by atoms with van der Waals surface area (Å²) in [5, 5.41) is 8.58. The minimum atomic E-state index is -0.992. The lowest BCUT2D eigenvalue weighted by Gasteiger charge is -2.07. The molecule has 0 aliphatic carbocycles. The lowest BCUT2D eigenvalue weighted by molar-refractivity contribution is -0.131. The minimum absolute atomic E-state index is 0.475. The van der Waals surface area contributed by atoms with E-state index in [4.69, 9.17) is 9.84 Å². The quantitative estimate of drug-likeness (QED) is 0.865. The summed E-state index contributed by atoms with van der Waals surface area (Å²) >= 11 is 0. The van der Waals surface area contributed by atoms with Crippen LogP contribution in [0.15, 0.2) is 36.7 Å². The van der Waals surface area contributed by atoms with Crippen LogP contribution < -0.4 is 4.74 Å². The summed E-state index contributed by atoms with van der Waals surface area (Å²) in [5.41, 5.74) is 2.44. The van der Waals surface area contributed by atoms with Gasteiger partial charge in [-0.3, -0.25) is 4.98 Å². The fraction of sp³-hybridized carbons (Fsp3) is 0.133. The molecule has 0 aliphatic heterocycles. The van der Waals surface area contributed by atoms with Gasteiger partial charge in [0.05, 0.1) is 6.20 Å². The van der Waals surface area contributed by atoms with Gasteiger partial charge in [0.1, 0.15) is 5.75 Å². The van der Waals surface area contributed by atoms with Gasteiger partial charge in [0, 0.05) is 23.5 Å². The molecule has 0 aromatic carbocycles. The van der Waals surface area contributed by atoms with Crippen molar-refractivity contribution in [3.8, 4) is 11.6 Å². The maximum absolute atomic E-state index is 10.5. The van der Waals surface area contributed by atoms with E-state index < -0.39 is 5.97 Å². The number of hydrogen-bond acceptors (Lipinski definition) is 4. The number of nitrogens with zero attached hydrogens (tertiary/aromatic N) is 2. The van der Waals surface area contributed by atoms with Gasteiger partial charge >= 0.3 is 5.97 Å². The second kappa shape index (κ2) is 5.97. The van der Waals surface area contributed by atoms with Crippen molar-refractivity contribution in [3.63, 3.8) is 0 Å². The molecule has 5 heteroatoms. The average molecular weight is 270 g/mol. The fourth-order valence-corrected chi connectivity index (χ4v) is 1.58. The molecule has 0 saturated carbocycles. The lowest BCUT2D eigenvalue weighted by atomic mass is 10.2. The number of carbonyl (C=O) groups is 1. The Bertz CT molecular complexity index is 649. The van der Waals surface area contributed by atoms with E-state index in [1.165, 1.54) is 6.08 Å². The predicted molar refractivity (Wildman–Crippen MR) is 74.7 cm³/mol. The van der Waals surface area contributed by atoms with Gasteiger partial charge in [-0.2, -0.15) is 0 Å². The number of aromatic nitrogens is 2. The summed E-state index contributed by atoms with van der Waals surface area (Å²) in [6, 6.07) is 5.49. The number of aryl methyl sites for hydroxylation is 2. The maximum atomic E-state index is 10.5. The van der Waals surface area contributed by atoms with Crippen LogP contribution in [-0.2, 0) is 4.79 Å². The van der Waals surface area contributed by atoms with Crippen LogP contribution in [0.2, 0.25) is 0 Å². The molecule has 0 bridgehead atoms. The zero-order chi connectivity index (χ0) is 14.5. The fourth-order valence-electron chi connectivity index (χ4n) is 1.58. The molecule has 0 atom stereocenters. The number of rotatable bonds is 4. The van der Waals surface area contributed by atoms with Crippen LogP contribution in [0.4, 0.5) is 0 Å². The largest absolute Gasteiger partial charge is 0.478 e. The summed E-state index contributed by atoms with van der Waals surface area (Å²) in [7, 11) is 0. The van der Waals surface area contributed by atoms with Gasteiger partial charge in [-0.25, -0.2) is 9.78 Å². The van der Waals surface area contributed by atoms with Crippen LogP contribution in [-0.4, -0.2) is 21.0 Å². The first-order valence-corrected chi connectivity index (χ1v) is 6.03. The molecule has 102 valence electrons. The number of pyridine rings is 2. The van der Waals surface area contributed by atoms with Crippen molar-refractivity contribution in [2.24, 2.45) is 0 Å². The second-order valence-corrected chi connectivity index (χ2v) is 4.30. The van der Waals surface area contributed by atoms with Gasteiger partial charge in [0.2, 0.25) is 5.88 Å². The van der Waals surface area contributed by atoms with Gasteiger partial charge in [0.15, 0.2) is 0 Å². The minimum Gasteiger partial charge on any atom is -0.478 e. The Morgan fingerprint density at radius 1 is 1.25 bits per heavy atom. The number of carboxylic acids is 1. The zero-order valence-electron chi connectivity index (χ0n) is 11.2. The Labute approximate surface area is 116 Å². The standard InChI is InChI=1S/C15H14N2O3/c1-10-7-12(4-6-14(18)19)8-17-15(10)20-13-5-3-11(2)16-9-13/h3-9H,1-2H3,(H,18,19)/b6-4+. The highest BCUT2D eigenvalue weighted by Crippen LogP contribution is 2.23. The van der Waals surface area contributed by atoms with Crippen molar-refractivity contribution < 1.29 is 14.6 Å². The Hall–Kier alpha value is -2.69. The Balaban J connectivity index is 2.17. The summed E-state index contributed by atoms with van der Waals surface area (Å²) in [6.45, 7) is 3.75. The van der Waals surface area contributed by atoms with Crippen molar-refractivity contribution in [1.82, 2.24) is 9.97 Å². The lowest BCUT2D eigenvalue weighted by Crippen LogP contribution is -1.93. The molecule has 2 rings (SSSR count). The summed E-state index contributed by atoms with van der Waals surface area (Å²) in [6.07, 6.45) is 5.75. The molecule has 20 heavy (non-hydrogen) atoms. The number of aliphatic carboxylic acids is 1. The van der Waals surface area contributed by atoms with Gasteiger partial charge in [-0.05, 0) is 43.7 Å². The van der Waals surface area contributed by atoms with Crippen LogP contribution in [0.1, 0.15) is 16.8 Å². The highest BCUT2D eigenvalue weighted by Gasteiger charge is 2.04. The third kappa shape index (κ3) is 3.65. The molecule has 0 saturated heterocycles. The molecule has 0 radical (unpaired) electrons. The van der Waals surface area contributed by atoms with Crippen molar-refractivity contribution in [3.05, 3.63) is 53.5 Å². The molecule has 1 N–H and O–H groups in total. The van der Waals surface area contributed by atoms with E-state index in [1.54, 1.807) is 12.4 Å². The van der Waals surface area contributed by atoms with E-state index in [2.05, 4.69) is 9.97 Å².